The van der Waals surface area contributed by atoms with Crippen LogP contribution in [0.2, 0.25) is 0 Å². The van der Waals surface area contributed by atoms with E-state index in [1.165, 1.54) is 28.4 Å². The lowest BCUT2D eigenvalue weighted by Gasteiger charge is -2.41. The van der Waals surface area contributed by atoms with Crippen molar-refractivity contribution in [3.8, 4) is 12.1 Å². The molecule has 1 N–H and O–H groups in total. The van der Waals surface area contributed by atoms with Crippen molar-refractivity contribution in [2.45, 2.75) is 69.6 Å². The van der Waals surface area contributed by atoms with E-state index < -0.39 is 6.09 Å². The van der Waals surface area contributed by atoms with Gasteiger partial charge in [0.2, 0.25) is 0 Å². The molecular formula is C33H39N7O3. The van der Waals surface area contributed by atoms with Gasteiger partial charge in [-0.1, -0.05) is 30.3 Å². The molecule has 1 amide bonds. The molecule has 1 aromatic heterocycles. The number of likely N-dealkylation sites (N-methyl/N-ethyl adjacent to an activating group) is 1. The van der Waals surface area contributed by atoms with Gasteiger partial charge in [-0.05, 0) is 69.1 Å². The molecule has 4 aliphatic rings. The Morgan fingerprint density at radius 3 is 2.58 bits per heavy atom. The zero-order valence-electron chi connectivity index (χ0n) is 24.8. The molecule has 5 heterocycles. The van der Waals surface area contributed by atoms with Crippen LogP contribution in [0.25, 0.3) is 10.8 Å². The molecular weight excluding hydrogens is 542 g/mol. The Morgan fingerprint density at radius 1 is 1.07 bits per heavy atom. The van der Waals surface area contributed by atoms with Gasteiger partial charge in [0.1, 0.15) is 12.4 Å². The lowest BCUT2D eigenvalue weighted by atomic mass is 9.97. The van der Waals surface area contributed by atoms with E-state index in [1.807, 2.05) is 0 Å². The van der Waals surface area contributed by atoms with Gasteiger partial charge in [-0.3, -0.25) is 4.90 Å². The molecule has 4 aliphatic heterocycles. The number of hydrogen-bond donors (Lipinski definition) is 1. The van der Waals surface area contributed by atoms with Crippen LogP contribution in [-0.2, 0) is 19.4 Å². The zero-order chi connectivity index (χ0) is 29.5. The summed E-state index contributed by atoms with van der Waals surface area (Å²) < 4.78 is 6.32. The largest absolute Gasteiger partial charge is 0.465 e. The van der Waals surface area contributed by atoms with E-state index in [1.54, 1.807) is 4.90 Å². The van der Waals surface area contributed by atoms with Crippen LogP contribution in [0.4, 0.5) is 16.3 Å². The van der Waals surface area contributed by atoms with Crippen molar-refractivity contribution < 1.29 is 14.6 Å². The molecule has 0 unspecified atom stereocenters. The average Bonchev–Trinajstić information content (AvgIpc) is 3.56. The van der Waals surface area contributed by atoms with Gasteiger partial charge in [0.05, 0.1) is 30.4 Å². The SMILES string of the molecule is CN1CCC[C@H]1COc1nc2c(c(N3C[C@H]4CC[C@@H](C3)N4C(=O)O)n1)CCN(c1cccc3cccc(CCC#N)c13)C2. The van der Waals surface area contributed by atoms with E-state index in [9.17, 15) is 15.2 Å². The fourth-order valence-electron chi connectivity index (χ4n) is 7.73. The smallest absolute Gasteiger partial charge is 0.407 e. The fraction of sp³-hybridized carbons (Fsp3) is 0.515. The summed E-state index contributed by atoms with van der Waals surface area (Å²) in [7, 11) is 2.14. The number of carbonyl (C=O) groups is 1. The van der Waals surface area contributed by atoms with Gasteiger partial charge in [-0.2, -0.15) is 15.2 Å². The number of carboxylic acid groups (broad SMARTS) is 1. The van der Waals surface area contributed by atoms with Crippen LogP contribution >= 0.6 is 0 Å². The molecule has 0 spiro atoms. The number of nitriles is 1. The minimum atomic E-state index is -0.818. The molecule has 3 aromatic rings. The number of ether oxygens (including phenoxy) is 1. The Bertz CT molecular complexity index is 1550. The number of fused-ring (bicyclic) bond motifs is 4. The number of aryl methyl sites for hydroxylation is 1. The molecule has 2 aromatic carbocycles. The number of piperazine rings is 1. The Hall–Kier alpha value is -4.10. The van der Waals surface area contributed by atoms with Crippen molar-refractivity contribution in [1.29, 1.82) is 5.26 Å². The van der Waals surface area contributed by atoms with E-state index in [-0.39, 0.29) is 12.1 Å². The first-order valence-electron chi connectivity index (χ1n) is 15.6. The highest BCUT2D eigenvalue weighted by molar-refractivity contribution is 5.97. The number of rotatable bonds is 7. The van der Waals surface area contributed by atoms with E-state index in [0.717, 1.165) is 62.3 Å². The minimum absolute atomic E-state index is 0.0130. The second-order valence-electron chi connectivity index (χ2n) is 12.4. The third kappa shape index (κ3) is 5.20. The number of hydrogen-bond acceptors (Lipinski definition) is 8. The van der Waals surface area contributed by atoms with E-state index in [0.29, 0.717) is 44.7 Å². The van der Waals surface area contributed by atoms with Crippen molar-refractivity contribution >= 4 is 28.4 Å². The van der Waals surface area contributed by atoms with Crippen molar-refractivity contribution in [1.82, 2.24) is 19.8 Å². The summed E-state index contributed by atoms with van der Waals surface area (Å²) in [4.78, 5) is 30.7. The van der Waals surface area contributed by atoms with Crippen LogP contribution in [0, 0.1) is 11.3 Å². The van der Waals surface area contributed by atoms with Crippen LogP contribution in [0.5, 0.6) is 6.01 Å². The molecule has 43 heavy (non-hydrogen) atoms. The van der Waals surface area contributed by atoms with Gasteiger partial charge in [0.15, 0.2) is 0 Å². The van der Waals surface area contributed by atoms with Gasteiger partial charge < -0.3 is 24.5 Å². The molecule has 224 valence electrons. The molecule has 0 saturated carbocycles. The molecule has 3 atom stereocenters. The number of amides is 1. The monoisotopic (exact) mass is 581 g/mol. The molecule has 2 bridgehead atoms. The molecule has 3 fully saturated rings. The van der Waals surface area contributed by atoms with E-state index in [2.05, 4.69) is 64.2 Å². The number of aromatic nitrogens is 2. The molecule has 7 rings (SSSR count). The maximum atomic E-state index is 12.0. The quantitative estimate of drug-likeness (QED) is 0.433. The summed E-state index contributed by atoms with van der Waals surface area (Å²) in [6, 6.07) is 15.8. The van der Waals surface area contributed by atoms with Crippen LogP contribution in [0.15, 0.2) is 36.4 Å². The normalized spacial score (nSPS) is 23.4. The molecule has 10 heteroatoms. The zero-order valence-corrected chi connectivity index (χ0v) is 24.8. The maximum Gasteiger partial charge on any atom is 0.407 e. The summed E-state index contributed by atoms with van der Waals surface area (Å²) in [5, 5.41) is 21.5. The molecule has 3 saturated heterocycles. The number of likely N-dealkylation sites (tertiary alicyclic amines) is 1. The molecule has 0 aliphatic carbocycles. The topological polar surface area (TPSA) is 109 Å². The van der Waals surface area contributed by atoms with Crippen LogP contribution in [0.1, 0.15) is 48.9 Å². The number of anilines is 2. The van der Waals surface area contributed by atoms with Gasteiger partial charge in [-0.25, -0.2) is 4.79 Å². The summed E-state index contributed by atoms with van der Waals surface area (Å²) >= 11 is 0. The van der Waals surface area contributed by atoms with Crippen LogP contribution in [-0.4, -0.2) is 88.9 Å². The Balaban J connectivity index is 1.23. The Labute approximate surface area is 252 Å². The lowest BCUT2D eigenvalue weighted by Crippen LogP contribution is -2.56. The van der Waals surface area contributed by atoms with Gasteiger partial charge in [-0.15, -0.1) is 0 Å². The fourth-order valence-corrected chi connectivity index (χ4v) is 7.73. The average molecular weight is 582 g/mol. The molecule has 0 radical (unpaired) electrons. The van der Waals surface area contributed by atoms with Crippen molar-refractivity contribution in [3.05, 3.63) is 53.2 Å². The first-order chi connectivity index (χ1) is 21.0. The standard InChI is InChI=1S/C33H39N7O3/c1-37-16-5-10-26(37)21-43-32-35-28-20-38(29-11-3-8-22-6-2-7-23(30(22)29)9-4-15-34)17-14-27(28)31(36-32)39-18-24-12-13-25(19-39)40(24)33(41)42/h2-3,6-8,11,24-26H,4-5,9-10,12-14,16-21H2,1H3,(H,41,42)/t24-,25+,26-/m0/s1. The Morgan fingerprint density at radius 2 is 1.86 bits per heavy atom. The summed E-state index contributed by atoms with van der Waals surface area (Å²) in [5.41, 5.74) is 4.49. The van der Waals surface area contributed by atoms with Gasteiger partial charge >= 0.3 is 12.1 Å². The predicted octanol–water partition coefficient (Wildman–Crippen LogP) is 4.45. The first kappa shape index (κ1) is 27.7. The van der Waals surface area contributed by atoms with Gasteiger partial charge in [0, 0.05) is 48.7 Å². The van der Waals surface area contributed by atoms with E-state index >= 15 is 0 Å². The van der Waals surface area contributed by atoms with Crippen molar-refractivity contribution in [2.24, 2.45) is 0 Å². The maximum absolute atomic E-state index is 12.0. The van der Waals surface area contributed by atoms with Crippen molar-refractivity contribution in [2.75, 3.05) is 49.6 Å². The highest BCUT2D eigenvalue weighted by Crippen LogP contribution is 2.38. The first-order valence-corrected chi connectivity index (χ1v) is 15.6. The second-order valence-corrected chi connectivity index (χ2v) is 12.4. The molecule has 10 nitrogen and oxygen atoms in total. The van der Waals surface area contributed by atoms with Crippen LogP contribution in [0.3, 0.4) is 0 Å². The third-order valence-electron chi connectivity index (χ3n) is 9.92. The summed E-state index contributed by atoms with van der Waals surface area (Å²) in [6.45, 7) is 4.39. The predicted molar refractivity (Wildman–Crippen MR) is 165 cm³/mol. The minimum Gasteiger partial charge on any atom is -0.465 e. The number of nitrogens with zero attached hydrogens (tertiary/aromatic N) is 7. The highest BCUT2D eigenvalue weighted by Gasteiger charge is 2.44. The number of benzene rings is 2. The third-order valence-corrected chi connectivity index (χ3v) is 9.92. The van der Waals surface area contributed by atoms with Crippen molar-refractivity contribution in [3.63, 3.8) is 0 Å². The van der Waals surface area contributed by atoms with Crippen LogP contribution < -0.4 is 14.5 Å². The lowest BCUT2D eigenvalue weighted by molar-refractivity contribution is 0.114. The van der Waals surface area contributed by atoms with E-state index in [4.69, 9.17) is 14.7 Å². The summed E-state index contributed by atoms with van der Waals surface area (Å²) in [5.74, 6) is 0.911. The second kappa shape index (κ2) is 11.5. The highest BCUT2D eigenvalue weighted by atomic mass is 16.5. The Kier molecular flexibility index (Phi) is 7.43. The van der Waals surface area contributed by atoms with Gasteiger partial charge in [0.25, 0.3) is 0 Å². The summed E-state index contributed by atoms with van der Waals surface area (Å²) in [6.07, 6.45) is 5.25.